The molecule has 0 fully saturated rings. The molecular weight excluding hydrogens is 236 g/mol. The Hall–Kier alpha value is -0.580. The lowest BCUT2D eigenvalue weighted by Gasteiger charge is -2.07. The van der Waals surface area contributed by atoms with E-state index in [1.54, 1.807) is 18.2 Å². The smallest absolute Gasteiger partial charge is 0.133 e. The van der Waals surface area contributed by atoms with E-state index >= 15 is 0 Å². The number of hydrogen-bond acceptors (Lipinski definition) is 3. The zero-order valence-electron chi connectivity index (χ0n) is 7.03. The lowest BCUT2D eigenvalue weighted by atomic mass is 10.2. The van der Waals surface area contributed by atoms with Crippen molar-refractivity contribution >= 4 is 15.9 Å². The van der Waals surface area contributed by atoms with Crippen LogP contribution in [0.25, 0.3) is 0 Å². The molecular formula is C9H11BrO3. The molecule has 2 N–H and O–H groups in total. The van der Waals surface area contributed by atoms with Crippen LogP contribution in [0.5, 0.6) is 5.75 Å². The summed E-state index contributed by atoms with van der Waals surface area (Å²) in [6.45, 7) is 0.282. The minimum absolute atomic E-state index is 0.00576. The van der Waals surface area contributed by atoms with Crippen molar-refractivity contribution in [2.24, 2.45) is 0 Å². The number of hydrogen-bond donors (Lipinski definition) is 2. The predicted molar refractivity (Wildman–Crippen MR) is 52.6 cm³/mol. The highest BCUT2D eigenvalue weighted by atomic mass is 79.9. The summed E-state index contributed by atoms with van der Waals surface area (Å²) in [4.78, 5) is 0. The van der Waals surface area contributed by atoms with E-state index in [9.17, 15) is 0 Å². The fourth-order valence-corrected chi connectivity index (χ4v) is 1.46. The van der Waals surface area contributed by atoms with E-state index in [4.69, 9.17) is 14.9 Å². The summed E-state index contributed by atoms with van der Waals surface area (Å²) in [5, 5.41) is 17.4. The van der Waals surface area contributed by atoms with Gasteiger partial charge in [0, 0.05) is 0 Å². The van der Waals surface area contributed by atoms with E-state index < -0.39 is 0 Å². The lowest BCUT2D eigenvalue weighted by molar-refractivity contribution is 0.200. The largest absolute Gasteiger partial charge is 0.490 e. The Labute approximate surface area is 85.1 Å². The van der Waals surface area contributed by atoms with Crippen LogP contribution in [-0.4, -0.2) is 23.4 Å². The second-order valence-corrected chi connectivity index (χ2v) is 3.35. The van der Waals surface area contributed by atoms with Crippen molar-refractivity contribution in [3.63, 3.8) is 0 Å². The molecule has 0 heterocycles. The molecule has 0 aliphatic heterocycles. The van der Waals surface area contributed by atoms with Gasteiger partial charge in [-0.3, -0.25) is 0 Å². The topological polar surface area (TPSA) is 49.7 Å². The summed E-state index contributed by atoms with van der Waals surface area (Å²) in [5.41, 5.74) is 0.822. The van der Waals surface area contributed by atoms with Gasteiger partial charge < -0.3 is 14.9 Å². The fraction of sp³-hybridized carbons (Fsp3) is 0.333. The van der Waals surface area contributed by atoms with Gasteiger partial charge in [-0.25, -0.2) is 0 Å². The highest BCUT2D eigenvalue weighted by Gasteiger charge is 2.01. The Morgan fingerprint density at radius 2 is 2.08 bits per heavy atom. The molecule has 0 saturated heterocycles. The van der Waals surface area contributed by atoms with Gasteiger partial charge in [0.15, 0.2) is 0 Å². The van der Waals surface area contributed by atoms with Gasteiger partial charge in [-0.2, -0.15) is 0 Å². The third-order valence-electron chi connectivity index (χ3n) is 1.53. The molecule has 4 heteroatoms. The second-order valence-electron chi connectivity index (χ2n) is 2.49. The summed E-state index contributed by atoms with van der Waals surface area (Å²) in [7, 11) is 0. The third-order valence-corrected chi connectivity index (χ3v) is 2.15. The molecule has 0 radical (unpaired) electrons. The van der Waals surface area contributed by atoms with Crippen molar-refractivity contribution < 1.29 is 14.9 Å². The quantitative estimate of drug-likeness (QED) is 0.843. The fourth-order valence-electron chi connectivity index (χ4n) is 0.915. The molecule has 0 amide bonds. The minimum Gasteiger partial charge on any atom is -0.490 e. The summed E-state index contributed by atoms with van der Waals surface area (Å²) in [5.74, 6) is 0.672. The Kier molecular flexibility index (Phi) is 4.21. The zero-order valence-corrected chi connectivity index (χ0v) is 8.62. The number of halogens is 1. The van der Waals surface area contributed by atoms with E-state index in [-0.39, 0.29) is 19.8 Å². The molecule has 0 aliphatic rings. The maximum absolute atomic E-state index is 8.83. The van der Waals surface area contributed by atoms with Gasteiger partial charge in [0.2, 0.25) is 0 Å². The highest BCUT2D eigenvalue weighted by molar-refractivity contribution is 9.10. The summed E-state index contributed by atoms with van der Waals surface area (Å²) >= 11 is 3.30. The van der Waals surface area contributed by atoms with Crippen molar-refractivity contribution in [2.45, 2.75) is 6.61 Å². The van der Waals surface area contributed by atoms with Crippen molar-refractivity contribution in [3.05, 3.63) is 28.2 Å². The van der Waals surface area contributed by atoms with Crippen LogP contribution in [-0.2, 0) is 6.61 Å². The van der Waals surface area contributed by atoms with Gasteiger partial charge in [-0.15, -0.1) is 0 Å². The Morgan fingerprint density at radius 1 is 1.31 bits per heavy atom. The van der Waals surface area contributed by atoms with Gasteiger partial charge >= 0.3 is 0 Å². The Morgan fingerprint density at radius 3 is 2.62 bits per heavy atom. The van der Waals surface area contributed by atoms with Gasteiger partial charge in [-0.05, 0) is 33.6 Å². The molecule has 0 unspecified atom stereocenters. The molecule has 0 aromatic heterocycles. The molecule has 3 nitrogen and oxygen atoms in total. The van der Waals surface area contributed by atoms with Crippen LogP contribution in [0.3, 0.4) is 0 Å². The first kappa shape index (κ1) is 10.5. The van der Waals surface area contributed by atoms with Crippen LogP contribution in [0.1, 0.15) is 5.56 Å². The van der Waals surface area contributed by atoms with Gasteiger partial charge in [-0.1, -0.05) is 6.07 Å². The van der Waals surface area contributed by atoms with Crippen LogP contribution in [0, 0.1) is 0 Å². The molecule has 1 aromatic carbocycles. The molecule has 1 rings (SSSR count). The Bertz CT molecular complexity index is 276. The van der Waals surface area contributed by atoms with Crippen molar-refractivity contribution in [1.82, 2.24) is 0 Å². The standard InChI is InChI=1S/C9H11BrO3/c10-8-5-7(6-12)1-2-9(8)13-4-3-11/h1-2,5,11-12H,3-4,6H2. The first-order valence-corrected chi connectivity index (χ1v) is 4.70. The van der Waals surface area contributed by atoms with E-state index in [0.717, 1.165) is 10.0 Å². The average Bonchev–Trinajstić information content (AvgIpc) is 2.16. The van der Waals surface area contributed by atoms with E-state index in [0.29, 0.717) is 5.75 Å². The third kappa shape index (κ3) is 2.99. The molecule has 72 valence electrons. The van der Waals surface area contributed by atoms with Crippen molar-refractivity contribution in [2.75, 3.05) is 13.2 Å². The second kappa shape index (κ2) is 5.21. The summed E-state index contributed by atoms with van der Waals surface area (Å²) in [6, 6.07) is 5.31. The molecule has 13 heavy (non-hydrogen) atoms. The minimum atomic E-state index is -0.00576. The molecule has 0 aliphatic carbocycles. The molecule has 0 bridgehead atoms. The van der Waals surface area contributed by atoms with Crippen LogP contribution >= 0.6 is 15.9 Å². The monoisotopic (exact) mass is 246 g/mol. The number of ether oxygens (including phenoxy) is 1. The number of benzene rings is 1. The molecule has 0 spiro atoms. The number of aliphatic hydroxyl groups is 2. The zero-order chi connectivity index (χ0) is 9.68. The van der Waals surface area contributed by atoms with Crippen LogP contribution < -0.4 is 4.74 Å². The van der Waals surface area contributed by atoms with Crippen molar-refractivity contribution in [1.29, 1.82) is 0 Å². The van der Waals surface area contributed by atoms with Gasteiger partial charge in [0.25, 0.3) is 0 Å². The molecule has 0 saturated carbocycles. The predicted octanol–water partition coefficient (Wildman–Crippen LogP) is 1.31. The lowest BCUT2D eigenvalue weighted by Crippen LogP contribution is -2.02. The van der Waals surface area contributed by atoms with Crippen molar-refractivity contribution in [3.8, 4) is 5.75 Å². The van der Waals surface area contributed by atoms with E-state index in [1.807, 2.05) is 0 Å². The number of rotatable bonds is 4. The average molecular weight is 247 g/mol. The van der Waals surface area contributed by atoms with E-state index in [1.165, 1.54) is 0 Å². The summed E-state index contributed by atoms with van der Waals surface area (Å²) in [6.07, 6.45) is 0. The van der Waals surface area contributed by atoms with Crippen LogP contribution in [0.15, 0.2) is 22.7 Å². The molecule has 0 atom stereocenters. The number of aliphatic hydroxyl groups excluding tert-OH is 2. The first-order valence-electron chi connectivity index (χ1n) is 3.91. The molecule has 1 aromatic rings. The first-order chi connectivity index (χ1) is 6.27. The van der Waals surface area contributed by atoms with Gasteiger partial charge in [0.05, 0.1) is 17.7 Å². The summed E-state index contributed by atoms with van der Waals surface area (Å²) < 4.78 is 5.99. The normalized spacial score (nSPS) is 10.1. The van der Waals surface area contributed by atoms with E-state index in [2.05, 4.69) is 15.9 Å². The highest BCUT2D eigenvalue weighted by Crippen LogP contribution is 2.25. The van der Waals surface area contributed by atoms with Gasteiger partial charge in [0.1, 0.15) is 12.4 Å². The Balaban J connectivity index is 2.73. The van der Waals surface area contributed by atoms with Crippen LogP contribution in [0.4, 0.5) is 0 Å². The maximum atomic E-state index is 8.83. The SMILES string of the molecule is OCCOc1ccc(CO)cc1Br. The maximum Gasteiger partial charge on any atom is 0.133 e. The van der Waals surface area contributed by atoms with Crippen LogP contribution in [0.2, 0.25) is 0 Å².